The molecule has 0 spiro atoms. The third-order valence-electron chi connectivity index (χ3n) is 2.75. The van der Waals surface area contributed by atoms with Gasteiger partial charge in [-0.25, -0.2) is 4.39 Å². The lowest BCUT2D eigenvalue weighted by atomic mass is 10.0. The van der Waals surface area contributed by atoms with Gasteiger partial charge < -0.3 is 10.5 Å². The molecule has 2 aromatic carbocycles. The number of nitrogens with two attached hydrogens (primary N) is 1. The van der Waals surface area contributed by atoms with E-state index in [0.717, 1.165) is 15.8 Å². The van der Waals surface area contributed by atoms with Crippen LogP contribution in [0, 0.1) is 5.82 Å². The maximum Gasteiger partial charge on any atom is 0.138 e. The molecule has 0 radical (unpaired) electrons. The van der Waals surface area contributed by atoms with E-state index in [9.17, 15) is 4.39 Å². The molecule has 2 unspecified atom stereocenters. The first kappa shape index (κ1) is 14.0. The van der Waals surface area contributed by atoms with E-state index in [0.29, 0.717) is 0 Å². The van der Waals surface area contributed by atoms with Gasteiger partial charge in [-0.3, -0.25) is 0 Å². The molecule has 2 nitrogen and oxygen atoms in total. The number of hydrogen-bond donors (Lipinski definition) is 1. The summed E-state index contributed by atoms with van der Waals surface area (Å²) in [5.41, 5.74) is 6.82. The van der Waals surface area contributed by atoms with Gasteiger partial charge in [-0.15, -0.1) is 0 Å². The molecule has 100 valence electrons. The monoisotopic (exact) mass is 323 g/mol. The van der Waals surface area contributed by atoms with Crippen LogP contribution in [-0.4, -0.2) is 6.04 Å². The van der Waals surface area contributed by atoms with E-state index in [2.05, 4.69) is 15.9 Å². The number of rotatable bonds is 4. The van der Waals surface area contributed by atoms with Crippen LogP contribution in [0.4, 0.5) is 4.39 Å². The van der Waals surface area contributed by atoms with Crippen molar-refractivity contribution in [2.24, 2.45) is 5.73 Å². The van der Waals surface area contributed by atoms with E-state index in [-0.39, 0.29) is 18.0 Å². The molecule has 2 rings (SSSR count). The summed E-state index contributed by atoms with van der Waals surface area (Å²) in [6.07, 6.45) is -0.304. The normalized spacial score (nSPS) is 13.9. The zero-order valence-electron chi connectivity index (χ0n) is 10.5. The van der Waals surface area contributed by atoms with Gasteiger partial charge in [0.2, 0.25) is 0 Å². The van der Waals surface area contributed by atoms with Gasteiger partial charge in [-0.2, -0.15) is 0 Å². The molecule has 0 saturated heterocycles. The molecule has 4 heteroatoms. The Morgan fingerprint density at radius 2 is 1.63 bits per heavy atom. The Hall–Kier alpha value is -1.39. The quantitative estimate of drug-likeness (QED) is 0.921. The van der Waals surface area contributed by atoms with Crippen LogP contribution >= 0.6 is 15.9 Å². The number of benzene rings is 2. The van der Waals surface area contributed by atoms with E-state index in [1.54, 1.807) is 12.1 Å². The molecule has 0 saturated carbocycles. The second-order valence-electron chi connectivity index (χ2n) is 4.40. The Morgan fingerprint density at radius 1 is 1.05 bits per heavy atom. The van der Waals surface area contributed by atoms with Gasteiger partial charge in [0.05, 0.1) is 0 Å². The lowest BCUT2D eigenvalue weighted by Crippen LogP contribution is -2.29. The summed E-state index contributed by atoms with van der Waals surface area (Å²) < 4.78 is 19.8. The highest BCUT2D eigenvalue weighted by Gasteiger charge is 2.18. The summed E-state index contributed by atoms with van der Waals surface area (Å²) in [5.74, 6) is 0.464. The van der Waals surface area contributed by atoms with Gasteiger partial charge in [0.25, 0.3) is 0 Å². The van der Waals surface area contributed by atoms with Gasteiger partial charge in [-0.1, -0.05) is 28.1 Å². The Balaban J connectivity index is 2.21. The topological polar surface area (TPSA) is 35.2 Å². The molecular weight excluding hydrogens is 309 g/mol. The highest BCUT2D eigenvalue weighted by Crippen LogP contribution is 2.25. The molecule has 2 atom stereocenters. The van der Waals surface area contributed by atoms with Gasteiger partial charge in [0.1, 0.15) is 17.7 Å². The summed E-state index contributed by atoms with van der Waals surface area (Å²) >= 11 is 3.37. The summed E-state index contributed by atoms with van der Waals surface area (Å²) in [6, 6.07) is 13.5. The van der Waals surface area contributed by atoms with Gasteiger partial charge in [0.15, 0.2) is 0 Å². The van der Waals surface area contributed by atoms with Crippen LogP contribution in [0.5, 0.6) is 5.75 Å². The van der Waals surface area contributed by atoms with Crippen LogP contribution in [-0.2, 0) is 0 Å². The van der Waals surface area contributed by atoms with Crippen molar-refractivity contribution in [3.8, 4) is 5.75 Å². The SMILES string of the molecule is CC(N)C(Oc1ccc(Br)cc1)c1ccc(F)cc1. The first-order chi connectivity index (χ1) is 9.06. The number of halogens is 2. The average Bonchev–Trinajstić information content (AvgIpc) is 2.39. The molecule has 0 aliphatic rings. The fourth-order valence-electron chi connectivity index (χ4n) is 1.79. The van der Waals surface area contributed by atoms with Crippen molar-refractivity contribution in [2.75, 3.05) is 0 Å². The van der Waals surface area contributed by atoms with Crippen LogP contribution in [0.1, 0.15) is 18.6 Å². The predicted molar refractivity (Wildman–Crippen MR) is 77.6 cm³/mol. The van der Waals surface area contributed by atoms with E-state index >= 15 is 0 Å². The molecule has 2 aromatic rings. The zero-order chi connectivity index (χ0) is 13.8. The maximum absolute atomic E-state index is 12.9. The standard InChI is InChI=1S/C15H15BrFNO/c1-10(18)15(11-2-6-13(17)7-3-11)19-14-8-4-12(16)5-9-14/h2-10,15H,18H2,1H3. The van der Waals surface area contributed by atoms with Crippen LogP contribution < -0.4 is 10.5 Å². The first-order valence-corrected chi connectivity index (χ1v) is 6.79. The van der Waals surface area contributed by atoms with E-state index in [1.807, 2.05) is 31.2 Å². The Labute approximate surface area is 120 Å². The third-order valence-corrected chi connectivity index (χ3v) is 3.28. The lowest BCUT2D eigenvalue weighted by molar-refractivity contribution is 0.180. The molecule has 0 amide bonds. The van der Waals surface area contributed by atoms with Crippen molar-refractivity contribution >= 4 is 15.9 Å². The predicted octanol–water partition coefficient (Wildman–Crippen LogP) is 4.06. The van der Waals surface area contributed by atoms with Crippen molar-refractivity contribution in [1.29, 1.82) is 0 Å². The average molecular weight is 324 g/mol. The van der Waals surface area contributed by atoms with Crippen molar-refractivity contribution < 1.29 is 9.13 Å². The minimum Gasteiger partial charge on any atom is -0.484 e. The van der Waals surface area contributed by atoms with Crippen LogP contribution in [0.15, 0.2) is 53.0 Å². The van der Waals surface area contributed by atoms with Crippen LogP contribution in [0.3, 0.4) is 0 Å². The Kier molecular flexibility index (Phi) is 4.56. The smallest absolute Gasteiger partial charge is 0.138 e. The van der Waals surface area contributed by atoms with Crippen molar-refractivity contribution in [3.63, 3.8) is 0 Å². The molecule has 0 aliphatic carbocycles. The summed E-state index contributed by atoms with van der Waals surface area (Å²) in [4.78, 5) is 0. The van der Waals surface area contributed by atoms with E-state index in [4.69, 9.17) is 10.5 Å². The van der Waals surface area contributed by atoms with Crippen molar-refractivity contribution in [1.82, 2.24) is 0 Å². The lowest BCUT2D eigenvalue weighted by Gasteiger charge is -2.23. The zero-order valence-corrected chi connectivity index (χ0v) is 12.1. The minimum absolute atomic E-state index is 0.200. The Morgan fingerprint density at radius 3 is 2.16 bits per heavy atom. The molecular formula is C15H15BrFNO. The summed E-state index contributed by atoms with van der Waals surface area (Å²) in [5, 5.41) is 0. The van der Waals surface area contributed by atoms with Gasteiger partial charge >= 0.3 is 0 Å². The molecule has 0 aromatic heterocycles. The summed E-state index contributed by atoms with van der Waals surface area (Å²) in [7, 11) is 0. The Bertz CT molecular complexity index is 525. The minimum atomic E-state index is -0.304. The molecule has 0 aliphatic heterocycles. The molecule has 0 bridgehead atoms. The van der Waals surface area contributed by atoms with Crippen LogP contribution in [0.2, 0.25) is 0 Å². The van der Waals surface area contributed by atoms with E-state index < -0.39 is 0 Å². The van der Waals surface area contributed by atoms with Gasteiger partial charge in [-0.05, 0) is 48.9 Å². The second kappa shape index (κ2) is 6.17. The molecule has 0 fully saturated rings. The molecule has 19 heavy (non-hydrogen) atoms. The third kappa shape index (κ3) is 3.78. The van der Waals surface area contributed by atoms with E-state index in [1.165, 1.54) is 12.1 Å². The molecule has 2 N–H and O–H groups in total. The van der Waals surface area contributed by atoms with Crippen LogP contribution in [0.25, 0.3) is 0 Å². The molecule has 0 heterocycles. The highest BCUT2D eigenvalue weighted by atomic mass is 79.9. The summed E-state index contributed by atoms with van der Waals surface area (Å²) in [6.45, 7) is 1.87. The fourth-order valence-corrected chi connectivity index (χ4v) is 2.06. The van der Waals surface area contributed by atoms with Crippen molar-refractivity contribution in [3.05, 3.63) is 64.4 Å². The van der Waals surface area contributed by atoms with Gasteiger partial charge in [0, 0.05) is 10.5 Å². The second-order valence-corrected chi connectivity index (χ2v) is 5.32. The largest absolute Gasteiger partial charge is 0.484 e. The fraction of sp³-hybridized carbons (Fsp3) is 0.200. The van der Waals surface area contributed by atoms with Crippen molar-refractivity contribution in [2.45, 2.75) is 19.1 Å². The number of ether oxygens (including phenoxy) is 1. The maximum atomic E-state index is 12.9. The number of hydrogen-bond acceptors (Lipinski definition) is 2. The first-order valence-electron chi connectivity index (χ1n) is 5.99. The highest BCUT2D eigenvalue weighted by molar-refractivity contribution is 9.10.